The van der Waals surface area contributed by atoms with E-state index in [1.807, 2.05) is 54.6 Å². The number of nitrogens with one attached hydrogen (secondary N) is 1. The standard InChI is InChI=1S/C43H27N3O2/c1-2-11-26(12-3-1)41-44-42(27-21-22-32-31-15-6-8-18-36(31)48-39(32)25-27)46-43(45-41)34-24-23-30(28-13-4-5-14-29(28)34)33-17-10-20-38-40(33)35-16-7-9-19-37(35)47-38/h1-25,42H,(H,44,45,46). The molecule has 1 N–H and O–H groups in total. The predicted molar refractivity (Wildman–Crippen MR) is 196 cm³/mol. The van der Waals surface area contributed by atoms with Crippen molar-refractivity contribution in [1.82, 2.24) is 5.32 Å². The predicted octanol–water partition coefficient (Wildman–Crippen LogP) is 10.8. The van der Waals surface area contributed by atoms with Crippen LogP contribution in [-0.4, -0.2) is 11.7 Å². The van der Waals surface area contributed by atoms with E-state index >= 15 is 0 Å². The topological polar surface area (TPSA) is 63.0 Å². The van der Waals surface area contributed by atoms with Crippen molar-refractivity contribution in [3.05, 3.63) is 168 Å². The van der Waals surface area contributed by atoms with E-state index < -0.39 is 6.17 Å². The number of amidine groups is 2. The van der Waals surface area contributed by atoms with Crippen LogP contribution in [0, 0.1) is 0 Å². The average molecular weight is 618 g/mol. The van der Waals surface area contributed by atoms with E-state index in [2.05, 4.69) is 102 Å². The number of nitrogens with zero attached hydrogens (tertiary/aromatic N) is 2. The summed E-state index contributed by atoms with van der Waals surface area (Å²) in [6.07, 6.45) is -0.460. The number of hydrogen-bond donors (Lipinski definition) is 1. The normalized spacial score (nSPS) is 14.9. The molecular formula is C43H27N3O2. The summed E-state index contributed by atoms with van der Waals surface area (Å²) < 4.78 is 12.5. The minimum absolute atomic E-state index is 0.460. The van der Waals surface area contributed by atoms with Crippen LogP contribution >= 0.6 is 0 Å². The van der Waals surface area contributed by atoms with Gasteiger partial charge in [-0.25, -0.2) is 9.98 Å². The van der Waals surface area contributed by atoms with Gasteiger partial charge in [0.2, 0.25) is 0 Å². The maximum atomic E-state index is 6.25. The summed E-state index contributed by atoms with van der Waals surface area (Å²) in [5.41, 5.74) is 8.74. The molecule has 1 atom stereocenters. The molecular weight excluding hydrogens is 590 g/mol. The van der Waals surface area contributed by atoms with E-state index in [1.165, 1.54) is 0 Å². The first-order valence-corrected chi connectivity index (χ1v) is 16.1. The fourth-order valence-electron chi connectivity index (χ4n) is 7.12. The lowest BCUT2D eigenvalue weighted by atomic mass is 9.92. The van der Waals surface area contributed by atoms with Gasteiger partial charge in [-0.3, -0.25) is 0 Å². The zero-order valence-electron chi connectivity index (χ0n) is 25.7. The summed E-state index contributed by atoms with van der Waals surface area (Å²) in [5.74, 6) is 1.55. The Morgan fingerprint density at radius 2 is 1.02 bits per heavy atom. The lowest BCUT2D eigenvalue weighted by Gasteiger charge is -2.23. The third-order valence-electron chi connectivity index (χ3n) is 9.36. The Balaban J connectivity index is 1.15. The van der Waals surface area contributed by atoms with E-state index in [9.17, 15) is 0 Å². The molecule has 0 amide bonds. The van der Waals surface area contributed by atoms with Gasteiger partial charge in [-0.05, 0) is 46.2 Å². The Bertz CT molecular complexity index is 2770. The molecule has 1 aliphatic heterocycles. The number of benzene rings is 7. The summed E-state index contributed by atoms with van der Waals surface area (Å²) in [6, 6.07) is 52.2. The minimum Gasteiger partial charge on any atom is -0.456 e. The van der Waals surface area contributed by atoms with E-state index in [1.54, 1.807) is 0 Å². The molecule has 3 heterocycles. The van der Waals surface area contributed by atoms with Crippen LogP contribution in [0.5, 0.6) is 0 Å². The Hall–Kier alpha value is -6.46. The highest BCUT2D eigenvalue weighted by atomic mass is 16.3. The summed E-state index contributed by atoms with van der Waals surface area (Å²) in [7, 11) is 0. The molecule has 2 aromatic heterocycles. The number of rotatable bonds is 4. The molecule has 5 nitrogen and oxygen atoms in total. The van der Waals surface area contributed by atoms with Gasteiger partial charge >= 0.3 is 0 Å². The molecule has 0 fully saturated rings. The van der Waals surface area contributed by atoms with Crippen molar-refractivity contribution in [3.63, 3.8) is 0 Å². The summed E-state index contributed by atoms with van der Waals surface area (Å²) in [6.45, 7) is 0. The third kappa shape index (κ3) is 4.18. The van der Waals surface area contributed by atoms with Gasteiger partial charge in [0, 0.05) is 38.2 Å². The lowest BCUT2D eigenvalue weighted by molar-refractivity contribution is 0.665. The third-order valence-corrected chi connectivity index (χ3v) is 9.36. The van der Waals surface area contributed by atoms with Crippen LogP contribution in [0.2, 0.25) is 0 Å². The SMILES string of the molecule is c1ccc(C2=NC(c3ccc4c(c3)oc3ccccc34)N=C(c3ccc(-c4cccc5oc6ccccc6c45)c4ccccc34)N2)cc1. The Morgan fingerprint density at radius 1 is 0.417 bits per heavy atom. The molecule has 0 spiro atoms. The molecule has 0 saturated heterocycles. The second-order valence-corrected chi connectivity index (χ2v) is 12.2. The second kappa shape index (κ2) is 10.5. The summed E-state index contributed by atoms with van der Waals surface area (Å²) in [4.78, 5) is 10.4. The average Bonchev–Trinajstić information content (AvgIpc) is 3.73. The second-order valence-electron chi connectivity index (χ2n) is 12.2. The smallest absolute Gasteiger partial charge is 0.169 e. The van der Waals surface area contributed by atoms with Crippen molar-refractivity contribution in [2.75, 3.05) is 0 Å². The van der Waals surface area contributed by atoms with Gasteiger partial charge in [0.25, 0.3) is 0 Å². The van der Waals surface area contributed by atoms with E-state index in [0.29, 0.717) is 0 Å². The monoisotopic (exact) mass is 617 g/mol. The molecule has 9 aromatic rings. The summed E-state index contributed by atoms with van der Waals surface area (Å²) >= 11 is 0. The Labute approximate surface area is 275 Å². The quantitative estimate of drug-likeness (QED) is 0.214. The molecule has 226 valence electrons. The van der Waals surface area contributed by atoms with Crippen molar-refractivity contribution in [3.8, 4) is 11.1 Å². The van der Waals surface area contributed by atoms with Crippen LogP contribution in [0.3, 0.4) is 0 Å². The van der Waals surface area contributed by atoms with Crippen LogP contribution in [-0.2, 0) is 0 Å². The van der Waals surface area contributed by atoms with E-state index in [0.717, 1.165) is 94.1 Å². The highest BCUT2D eigenvalue weighted by molar-refractivity contribution is 6.22. The van der Waals surface area contributed by atoms with Crippen LogP contribution in [0.1, 0.15) is 22.9 Å². The fourth-order valence-corrected chi connectivity index (χ4v) is 7.12. The Morgan fingerprint density at radius 3 is 1.85 bits per heavy atom. The molecule has 0 saturated carbocycles. The highest BCUT2D eigenvalue weighted by Gasteiger charge is 2.24. The van der Waals surface area contributed by atoms with Crippen molar-refractivity contribution < 1.29 is 8.83 Å². The van der Waals surface area contributed by atoms with Crippen LogP contribution in [0.25, 0.3) is 65.8 Å². The van der Waals surface area contributed by atoms with Gasteiger partial charge in [-0.1, -0.05) is 127 Å². The number of fused-ring (bicyclic) bond motifs is 7. The first-order chi connectivity index (χ1) is 23.8. The number of furan rings is 2. The van der Waals surface area contributed by atoms with Gasteiger partial charge in [0.15, 0.2) is 6.17 Å². The number of para-hydroxylation sites is 2. The molecule has 7 aromatic carbocycles. The van der Waals surface area contributed by atoms with Gasteiger partial charge in [0.1, 0.15) is 34.0 Å². The minimum atomic E-state index is -0.460. The maximum Gasteiger partial charge on any atom is 0.169 e. The number of aliphatic imine (C=N–C) groups is 2. The molecule has 0 radical (unpaired) electrons. The maximum absolute atomic E-state index is 6.25. The fraction of sp³-hybridized carbons (Fsp3) is 0.0233. The van der Waals surface area contributed by atoms with Gasteiger partial charge in [-0.15, -0.1) is 0 Å². The first kappa shape index (κ1) is 26.7. The molecule has 48 heavy (non-hydrogen) atoms. The van der Waals surface area contributed by atoms with Crippen LogP contribution in [0.4, 0.5) is 0 Å². The van der Waals surface area contributed by atoms with Crippen molar-refractivity contribution in [2.24, 2.45) is 9.98 Å². The van der Waals surface area contributed by atoms with E-state index in [-0.39, 0.29) is 0 Å². The molecule has 0 aliphatic carbocycles. The first-order valence-electron chi connectivity index (χ1n) is 16.1. The van der Waals surface area contributed by atoms with Crippen LogP contribution < -0.4 is 5.32 Å². The molecule has 10 rings (SSSR count). The molecule has 1 unspecified atom stereocenters. The Kier molecular flexibility index (Phi) is 5.87. The van der Waals surface area contributed by atoms with Gasteiger partial charge in [-0.2, -0.15) is 0 Å². The van der Waals surface area contributed by atoms with Crippen molar-refractivity contribution >= 4 is 66.3 Å². The molecule has 5 heteroatoms. The lowest BCUT2D eigenvalue weighted by Crippen LogP contribution is -2.36. The van der Waals surface area contributed by atoms with E-state index in [4.69, 9.17) is 18.8 Å². The zero-order chi connectivity index (χ0) is 31.6. The van der Waals surface area contributed by atoms with Crippen molar-refractivity contribution in [2.45, 2.75) is 6.17 Å². The zero-order valence-corrected chi connectivity index (χ0v) is 25.7. The summed E-state index contributed by atoms with van der Waals surface area (Å²) in [5, 5.41) is 10.3. The molecule has 1 aliphatic rings. The number of hydrogen-bond acceptors (Lipinski definition) is 5. The van der Waals surface area contributed by atoms with Crippen molar-refractivity contribution in [1.29, 1.82) is 0 Å². The highest BCUT2D eigenvalue weighted by Crippen LogP contribution is 2.40. The largest absolute Gasteiger partial charge is 0.456 e. The van der Waals surface area contributed by atoms with Gasteiger partial charge < -0.3 is 14.2 Å². The van der Waals surface area contributed by atoms with Gasteiger partial charge in [0.05, 0.1) is 0 Å². The molecule has 0 bridgehead atoms. The van der Waals surface area contributed by atoms with Crippen LogP contribution in [0.15, 0.2) is 170 Å².